The highest BCUT2D eigenvalue weighted by Crippen LogP contribution is 2.31. The number of rotatable bonds is 13. The first-order valence-electron chi connectivity index (χ1n) is 11.6. The van der Waals surface area contributed by atoms with E-state index in [0.29, 0.717) is 17.9 Å². The summed E-state index contributed by atoms with van der Waals surface area (Å²) in [5.41, 5.74) is 4.65. The first kappa shape index (κ1) is 30.5. The molecule has 12 heteroatoms. The molecule has 12 nitrogen and oxygen atoms in total. The molecule has 2 atom stereocenters. The van der Waals surface area contributed by atoms with Crippen molar-refractivity contribution in [1.82, 2.24) is 0 Å². The molecule has 0 aromatic heterocycles. The van der Waals surface area contributed by atoms with Crippen LogP contribution in [0.3, 0.4) is 0 Å². The van der Waals surface area contributed by atoms with Crippen LogP contribution in [0.25, 0.3) is 0 Å². The fourth-order valence-corrected chi connectivity index (χ4v) is 3.03. The summed E-state index contributed by atoms with van der Waals surface area (Å²) in [7, 11) is 0. The molecule has 0 amide bonds. The van der Waals surface area contributed by atoms with Gasteiger partial charge >= 0.3 is 24.4 Å². The quantitative estimate of drug-likeness (QED) is 0.220. The van der Waals surface area contributed by atoms with Gasteiger partial charge in [-0.2, -0.15) is 0 Å². The SMILES string of the molecule is CCOC(=O)Oc1ccc(CC(N)(C[C@H](C)OC(=O)OCCC(C)C)C(=O)O)cc1OC(=O)OCC. The van der Waals surface area contributed by atoms with Gasteiger partial charge in [-0.05, 0) is 50.8 Å². The van der Waals surface area contributed by atoms with Crippen molar-refractivity contribution in [3.63, 3.8) is 0 Å². The first-order valence-corrected chi connectivity index (χ1v) is 11.6. The van der Waals surface area contributed by atoms with Gasteiger partial charge in [-0.3, -0.25) is 4.79 Å². The van der Waals surface area contributed by atoms with Crippen molar-refractivity contribution in [2.45, 2.75) is 65.5 Å². The molecule has 0 aliphatic rings. The fourth-order valence-electron chi connectivity index (χ4n) is 3.03. The Morgan fingerprint density at radius 1 is 0.917 bits per heavy atom. The molecule has 1 unspecified atom stereocenters. The number of carbonyl (C=O) groups excluding carboxylic acids is 3. The Morgan fingerprint density at radius 3 is 2.03 bits per heavy atom. The Labute approximate surface area is 209 Å². The smallest absolute Gasteiger partial charge is 0.480 e. The molecular weight excluding hydrogens is 478 g/mol. The number of carbonyl (C=O) groups is 4. The van der Waals surface area contributed by atoms with E-state index in [9.17, 15) is 24.3 Å². The van der Waals surface area contributed by atoms with Crippen LogP contribution in [0.15, 0.2) is 18.2 Å². The van der Waals surface area contributed by atoms with Crippen LogP contribution in [-0.4, -0.2) is 61.0 Å². The minimum absolute atomic E-state index is 0.0370. The second-order valence-corrected chi connectivity index (χ2v) is 8.40. The minimum Gasteiger partial charge on any atom is -0.480 e. The number of ether oxygens (including phenoxy) is 6. The van der Waals surface area contributed by atoms with E-state index < -0.39 is 36.1 Å². The van der Waals surface area contributed by atoms with Crippen LogP contribution in [0.5, 0.6) is 11.5 Å². The highest BCUT2D eigenvalue weighted by atomic mass is 16.7. The van der Waals surface area contributed by atoms with Gasteiger partial charge in [0.25, 0.3) is 0 Å². The van der Waals surface area contributed by atoms with E-state index in [4.69, 9.17) is 34.2 Å². The van der Waals surface area contributed by atoms with E-state index >= 15 is 0 Å². The van der Waals surface area contributed by atoms with E-state index in [1.165, 1.54) is 25.1 Å². The van der Waals surface area contributed by atoms with Crippen LogP contribution in [-0.2, 0) is 30.2 Å². The van der Waals surface area contributed by atoms with Gasteiger partial charge in [0.15, 0.2) is 11.5 Å². The van der Waals surface area contributed by atoms with Crippen LogP contribution < -0.4 is 15.2 Å². The van der Waals surface area contributed by atoms with E-state index in [1.54, 1.807) is 13.8 Å². The standard InChI is InChI=1S/C24H35NO11/c1-6-31-21(28)35-18-9-8-17(12-19(18)36-22(29)32-7-2)14-24(25,20(26)27)13-16(5)34-23(30)33-11-10-15(3)4/h8-9,12,15-16H,6-7,10-11,13-14,25H2,1-5H3,(H,26,27)/t16-,24?/m0/s1. The van der Waals surface area contributed by atoms with Crippen molar-refractivity contribution in [3.05, 3.63) is 23.8 Å². The summed E-state index contributed by atoms with van der Waals surface area (Å²) < 4.78 is 29.7. The third kappa shape index (κ3) is 10.8. The van der Waals surface area contributed by atoms with Crippen LogP contribution in [0.4, 0.5) is 14.4 Å². The molecule has 1 rings (SSSR count). The maximum Gasteiger partial charge on any atom is 0.513 e. The van der Waals surface area contributed by atoms with Crippen LogP contribution in [0.1, 0.15) is 53.0 Å². The molecular formula is C24H35NO11. The average molecular weight is 514 g/mol. The lowest BCUT2D eigenvalue weighted by molar-refractivity contribution is -0.144. The van der Waals surface area contributed by atoms with Crippen molar-refractivity contribution < 1.29 is 52.7 Å². The van der Waals surface area contributed by atoms with Gasteiger partial charge in [-0.15, -0.1) is 0 Å². The third-order valence-electron chi connectivity index (χ3n) is 4.73. The lowest BCUT2D eigenvalue weighted by atomic mass is 9.86. The molecule has 0 radical (unpaired) electrons. The summed E-state index contributed by atoms with van der Waals surface area (Å²) in [5.74, 6) is -1.36. The molecule has 0 bridgehead atoms. The number of aliphatic carboxylic acids is 1. The zero-order valence-electron chi connectivity index (χ0n) is 21.2. The Morgan fingerprint density at radius 2 is 1.50 bits per heavy atom. The minimum atomic E-state index is -1.86. The predicted octanol–water partition coefficient (Wildman–Crippen LogP) is 4.06. The van der Waals surface area contributed by atoms with Crippen LogP contribution in [0.2, 0.25) is 0 Å². The number of carboxylic acids is 1. The number of benzene rings is 1. The Balaban J connectivity index is 3.03. The first-order chi connectivity index (χ1) is 16.9. The maximum atomic E-state index is 12.0. The summed E-state index contributed by atoms with van der Waals surface area (Å²) in [4.78, 5) is 47.5. The lowest BCUT2D eigenvalue weighted by Gasteiger charge is -2.28. The molecule has 0 heterocycles. The zero-order chi connectivity index (χ0) is 27.3. The molecule has 0 aliphatic carbocycles. The number of nitrogens with two attached hydrogens (primary N) is 1. The van der Waals surface area contributed by atoms with Gasteiger partial charge in [0.1, 0.15) is 11.6 Å². The summed E-state index contributed by atoms with van der Waals surface area (Å²) in [6.07, 6.45) is -3.69. The molecule has 202 valence electrons. The molecule has 0 fully saturated rings. The normalized spacial score (nSPS) is 13.2. The van der Waals surface area contributed by atoms with Gasteiger partial charge in [-0.1, -0.05) is 19.9 Å². The number of hydrogen-bond donors (Lipinski definition) is 2. The lowest BCUT2D eigenvalue weighted by Crippen LogP contribution is -2.52. The second kappa shape index (κ2) is 14.8. The van der Waals surface area contributed by atoms with Gasteiger partial charge in [0.05, 0.1) is 19.8 Å². The molecule has 36 heavy (non-hydrogen) atoms. The van der Waals surface area contributed by atoms with Crippen LogP contribution >= 0.6 is 0 Å². The van der Waals surface area contributed by atoms with E-state index in [1.807, 2.05) is 13.8 Å². The number of hydrogen-bond acceptors (Lipinski definition) is 11. The van der Waals surface area contributed by atoms with Gasteiger partial charge in [-0.25, -0.2) is 14.4 Å². The monoisotopic (exact) mass is 513 g/mol. The van der Waals surface area contributed by atoms with Crippen molar-refractivity contribution in [3.8, 4) is 11.5 Å². The largest absolute Gasteiger partial charge is 0.513 e. The van der Waals surface area contributed by atoms with Crippen molar-refractivity contribution in [2.24, 2.45) is 11.7 Å². The highest BCUT2D eigenvalue weighted by Gasteiger charge is 2.37. The van der Waals surface area contributed by atoms with Gasteiger partial charge < -0.3 is 39.3 Å². The maximum absolute atomic E-state index is 12.0. The summed E-state index contributed by atoms with van der Waals surface area (Å²) in [6.45, 7) is 8.90. The van der Waals surface area contributed by atoms with Gasteiger partial charge in [0, 0.05) is 12.8 Å². The zero-order valence-corrected chi connectivity index (χ0v) is 21.2. The van der Waals surface area contributed by atoms with E-state index in [2.05, 4.69) is 0 Å². The molecule has 0 saturated heterocycles. The number of carboxylic acid groups (broad SMARTS) is 1. The Hall–Kier alpha value is -3.54. The highest BCUT2D eigenvalue weighted by molar-refractivity contribution is 5.79. The van der Waals surface area contributed by atoms with Crippen LogP contribution in [0, 0.1) is 5.92 Å². The van der Waals surface area contributed by atoms with Gasteiger partial charge in [0.2, 0.25) is 0 Å². The Bertz CT molecular complexity index is 902. The Kier molecular flexibility index (Phi) is 12.5. The predicted molar refractivity (Wildman–Crippen MR) is 126 cm³/mol. The topological polar surface area (TPSA) is 170 Å². The second-order valence-electron chi connectivity index (χ2n) is 8.40. The summed E-state index contributed by atoms with van der Waals surface area (Å²) in [6, 6.07) is 4.04. The molecule has 1 aromatic carbocycles. The molecule has 0 saturated carbocycles. The molecule has 3 N–H and O–H groups in total. The molecule has 0 aliphatic heterocycles. The average Bonchev–Trinajstić information content (AvgIpc) is 2.75. The summed E-state index contributed by atoms with van der Waals surface area (Å²) in [5, 5.41) is 9.81. The molecule has 1 aromatic rings. The van der Waals surface area contributed by atoms with Crippen molar-refractivity contribution in [2.75, 3.05) is 19.8 Å². The molecule has 0 spiro atoms. The fraction of sp³-hybridized carbons (Fsp3) is 0.583. The van der Waals surface area contributed by atoms with Crippen molar-refractivity contribution >= 4 is 24.4 Å². The third-order valence-corrected chi connectivity index (χ3v) is 4.73. The van der Waals surface area contributed by atoms with E-state index in [0.717, 1.165) is 0 Å². The van der Waals surface area contributed by atoms with Crippen molar-refractivity contribution in [1.29, 1.82) is 0 Å². The van der Waals surface area contributed by atoms with E-state index in [-0.39, 0.29) is 44.2 Å². The summed E-state index contributed by atoms with van der Waals surface area (Å²) >= 11 is 0.